The van der Waals surface area contributed by atoms with E-state index < -0.39 is 0 Å². The molecule has 0 saturated heterocycles. The maximum atomic E-state index is 9.32. The fraction of sp³-hybridized carbons (Fsp3) is 0.548. The molecule has 3 aliphatic rings. The second kappa shape index (κ2) is 11.2. The third-order valence-corrected chi connectivity index (χ3v) is 8.73. The van der Waals surface area contributed by atoms with E-state index in [1.165, 1.54) is 36.0 Å². The van der Waals surface area contributed by atoms with E-state index in [9.17, 15) is 5.26 Å². The number of hydrogen-bond acceptors (Lipinski definition) is 4. The third-order valence-electron chi connectivity index (χ3n) is 8.73. The van der Waals surface area contributed by atoms with Crippen molar-refractivity contribution in [2.45, 2.75) is 76.5 Å². The van der Waals surface area contributed by atoms with Crippen LogP contribution >= 0.6 is 0 Å². The molecule has 0 aromatic heterocycles. The standard InChI is InChI=1S/C31H40N4O2/c1-36-21-35(20-25-5-3-4-24(16-25)19-32)30(33)34-29-28-17-23(9-8-22-6-7-22)10-11-26(28)18-31(29)14-12-27(37-2)13-15-31/h3-5,10-11,16-17,22,27,29H,6-9,12-15,18,20-21H2,1-2H3,(H2,33,34). The Morgan fingerprint density at radius 3 is 2.62 bits per heavy atom. The van der Waals surface area contributed by atoms with Crippen LogP contribution in [0, 0.1) is 22.7 Å². The lowest BCUT2D eigenvalue weighted by Crippen LogP contribution is -2.40. The first-order chi connectivity index (χ1) is 18.0. The molecule has 0 aliphatic heterocycles. The highest BCUT2D eigenvalue weighted by molar-refractivity contribution is 5.78. The molecule has 0 heterocycles. The summed E-state index contributed by atoms with van der Waals surface area (Å²) in [6.07, 6.45) is 10.9. The molecule has 6 nitrogen and oxygen atoms in total. The lowest BCUT2D eigenvalue weighted by molar-refractivity contribution is 0.0207. The number of benzene rings is 2. The summed E-state index contributed by atoms with van der Waals surface area (Å²) < 4.78 is 11.2. The molecule has 2 fully saturated rings. The summed E-state index contributed by atoms with van der Waals surface area (Å²) in [5.74, 6) is 1.43. The normalized spacial score (nSPS) is 25.2. The van der Waals surface area contributed by atoms with Crippen molar-refractivity contribution in [2.75, 3.05) is 21.0 Å². The summed E-state index contributed by atoms with van der Waals surface area (Å²) in [4.78, 5) is 7.26. The summed E-state index contributed by atoms with van der Waals surface area (Å²) in [5.41, 5.74) is 12.7. The van der Waals surface area contributed by atoms with Crippen LogP contribution in [0.3, 0.4) is 0 Å². The third kappa shape index (κ3) is 5.84. The maximum absolute atomic E-state index is 9.32. The highest BCUT2D eigenvalue weighted by Crippen LogP contribution is 2.56. The molecule has 37 heavy (non-hydrogen) atoms. The SMILES string of the molecule is COCN(Cc1cccc(C#N)c1)/C(N)=N\C1c2cc(CCC3CC3)ccc2CC12CCC(OC)CC2. The zero-order valence-corrected chi connectivity index (χ0v) is 22.3. The fourth-order valence-electron chi connectivity index (χ4n) is 6.38. The molecule has 6 heteroatoms. The number of nitrogens with zero attached hydrogens (tertiary/aromatic N) is 3. The largest absolute Gasteiger partial charge is 0.381 e. The van der Waals surface area contributed by atoms with Crippen LogP contribution in [-0.2, 0) is 28.9 Å². The lowest BCUT2D eigenvalue weighted by atomic mass is 9.68. The van der Waals surface area contributed by atoms with Crippen LogP contribution in [-0.4, -0.2) is 37.9 Å². The van der Waals surface area contributed by atoms with Crippen molar-refractivity contribution in [3.8, 4) is 6.07 Å². The Balaban J connectivity index is 1.45. The molecular formula is C31H40N4O2. The Bertz CT molecular complexity index is 1160. The van der Waals surface area contributed by atoms with Gasteiger partial charge >= 0.3 is 0 Å². The van der Waals surface area contributed by atoms with E-state index in [4.69, 9.17) is 20.2 Å². The van der Waals surface area contributed by atoms with E-state index in [1.807, 2.05) is 36.3 Å². The van der Waals surface area contributed by atoms with Gasteiger partial charge in [0.2, 0.25) is 0 Å². The molecule has 1 spiro atoms. The van der Waals surface area contributed by atoms with Crippen LogP contribution in [0.5, 0.6) is 0 Å². The first-order valence-electron chi connectivity index (χ1n) is 13.7. The van der Waals surface area contributed by atoms with Crippen molar-refractivity contribution >= 4 is 5.96 Å². The summed E-state index contributed by atoms with van der Waals surface area (Å²) in [6.45, 7) is 0.879. The van der Waals surface area contributed by atoms with Crippen molar-refractivity contribution in [1.29, 1.82) is 5.26 Å². The van der Waals surface area contributed by atoms with Gasteiger partial charge in [-0.15, -0.1) is 0 Å². The molecule has 2 N–H and O–H groups in total. The summed E-state index contributed by atoms with van der Waals surface area (Å²) >= 11 is 0. The van der Waals surface area contributed by atoms with E-state index in [2.05, 4.69) is 24.3 Å². The highest BCUT2D eigenvalue weighted by atomic mass is 16.5. The van der Waals surface area contributed by atoms with Gasteiger partial charge in [-0.1, -0.05) is 43.2 Å². The molecule has 2 saturated carbocycles. The van der Waals surface area contributed by atoms with E-state index in [0.29, 0.717) is 30.9 Å². The molecule has 0 bridgehead atoms. The van der Waals surface area contributed by atoms with Gasteiger partial charge in [-0.05, 0) is 85.3 Å². The van der Waals surface area contributed by atoms with Gasteiger partial charge in [-0.25, -0.2) is 4.99 Å². The number of aliphatic imine (C=N–C) groups is 1. The molecule has 1 unspecified atom stereocenters. The van der Waals surface area contributed by atoms with Gasteiger partial charge in [0.05, 0.1) is 23.8 Å². The molecular weight excluding hydrogens is 460 g/mol. The number of aryl methyl sites for hydroxylation is 1. The zero-order chi connectivity index (χ0) is 25.8. The van der Waals surface area contributed by atoms with Crippen LogP contribution in [0.1, 0.15) is 78.8 Å². The van der Waals surface area contributed by atoms with Crippen LogP contribution < -0.4 is 5.73 Å². The minimum absolute atomic E-state index is 0.0333. The molecule has 0 radical (unpaired) electrons. The zero-order valence-electron chi connectivity index (χ0n) is 22.3. The maximum Gasteiger partial charge on any atom is 0.194 e. The van der Waals surface area contributed by atoms with E-state index in [-0.39, 0.29) is 11.5 Å². The molecule has 2 aromatic carbocycles. The predicted octanol–water partition coefficient (Wildman–Crippen LogP) is 5.49. The second-order valence-electron chi connectivity index (χ2n) is 11.3. The number of guanidine groups is 1. The van der Waals surface area contributed by atoms with Gasteiger partial charge in [-0.2, -0.15) is 5.26 Å². The van der Waals surface area contributed by atoms with Crippen LogP contribution in [0.4, 0.5) is 0 Å². The molecule has 3 aliphatic carbocycles. The number of nitriles is 1. The van der Waals surface area contributed by atoms with E-state index in [1.54, 1.807) is 7.11 Å². The van der Waals surface area contributed by atoms with Crippen LogP contribution in [0.15, 0.2) is 47.5 Å². The first-order valence-corrected chi connectivity index (χ1v) is 13.7. The van der Waals surface area contributed by atoms with Crippen molar-refractivity contribution in [2.24, 2.45) is 22.1 Å². The summed E-state index contributed by atoms with van der Waals surface area (Å²) in [6, 6.07) is 17.0. The fourth-order valence-corrected chi connectivity index (χ4v) is 6.38. The Labute approximate surface area is 221 Å². The summed E-state index contributed by atoms with van der Waals surface area (Å²) in [7, 11) is 3.51. The van der Waals surface area contributed by atoms with Crippen molar-refractivity contribution in [1.82, 2.24) is 4.90 Å². The molecule has 2 aromatic rings. The Hall–Kier alpha value is -2.88. The van der Waals surface area contributed by atoms with Gasteiger partial charge in [0.1, 0.15) is 6.73 Å². The predicted molar refractivity (Wildman–Crippen MR) is 146 cm³/mol. The molecule has 5 rings (SSSR count). The van der Waals surface area contributed by atoms with Gasteiger partial charge in [0, 0.05) is 26.2 Å². The van der Waals surface area contributed by atoms with Crippen molar-refractivity contribution < 1.29 is 9.47 Å². The van der Waals surface area contributed by atoms with Gasteiger partial charge < -0.3 is 20.1 Å². The molecule has 0 amide bonds. The molecule has 196 valence electrons. The average Bonchev–Trinajstić information content (AvgIpc) is 3.71. The number of nitrogens with two attached hydrogens (primary N) is 1. The topological polar surface area (TPSA) is 83.9 Å². The minimum Gasteiger partial charge on any atom is -0.381 e. The quantitative estimate of drug-likeness (QED) is 0.279. The number of fused-ring (bicyclic) bond motifs is 1. The van der Waals surface area contributed by atoms with Gasteiger partial charge in [0.25, 0.3) is 0 Å². The second-order valence-corrected chi connectivity index (χ2v) is 11.3. The Morgan fingerprint density at radius 2 is 1.92 bits per heavy atom. The number of hydrogen-bond donors (Lipinski definition) is 1. The number of rotatable bonds is 9. The number of ether oxygens (including phenoxy) is 2. The minimum atomic E-state index is 0.0333. The Morgan fingerprint density at radius 1 is 1.11 bits per heavy atom. The number of methoxy groups -OCH3 is 2. The van der Waals surface area contributed by atoms with Crippen molar-refractivity contribution in [3.05, 3.63) is 70.3 Å². The van der Waals surface area contributed by atoms with E-state index in [0.717, 1.165) is 50.0 Å². The average molecular weight is 501 g/mol. The van der Waals surface area contributed by atoms with Crippen LogP contribution in [0.25, 0.3) is 0 Å². The Kier molecular flexibility index (Phi) is 7.83. The van der Waals surface area contributed by atoms with E-state index >= 15 is 0 Å². The van der Waals surface area contributed by atoms with Gasteiger partial charge in [-0.3, -0.25) is 0 Å². The first kappa shape index (κ1) is 25.8. The molecule has 1 atom stereocenters. The lowest BCUT2D eigenvalue weighted by Gasteiger charge is -2.40. The van der Waals surface area contributed by atoms with Crippen LogP contribution in [0.2, 0.25) is 0 Å². The smallest absolute Gasteiger partial charge is 0.194 e. The summed E-state index contributed by atoms with van der Waals surface area (Å²) in [5, 5.41) is 9.32. The highest BCUT2D eigenvalue weighted by Gasteiger charge is 2.48. The monoisotopic (exact) mass is 500 g/mol. The van der Waals surface area contributed by atoms with Crippen molar-refractivity contribution in [3.63, 3.8) is 0 Å². The van der Waals surface area contributed by atoms with Gasteiger partial charge in [0.15, 0.2) is 5.96 Å².